The molecule has 4 heteroatoms. The molecule has 0 atom stereocenters. The first-order valence-electron chi connectivity index (χ1n) is 3.82. The molecule has 13 heavy (non-hydrogen) atoms. The average Bonchev–Trinajstić information content (AvgIpc) is 2.07. The number of hydrogen-bond acceptors (Lipinski definition) is 2. The maximum Gasteiger partial charge on any atom is 0.147 e. The molecule has 68 valence electrons. The van der Waals surface area contributed by atoms with Gasteiger partial charge in [-0.2, -0.15) is 5.26 Å². The van der Waals surface area contributed by atoms with Crippen LogP contribution in [0.25, 0.3) is 0 Å². The number of halogens is 2. The fourth-order valence-electron chi connectivity index (χ4n) is 0.963. The van der Waals surface area contributed by atoms with Crippen LogP contribution in [0.1, 0.15) is 31.0 Å². The Morgan fingerprint density at radius 2 is 2.23 bits per heavy atom. The van der Waals surface area contributed by atoms with E-state index in [0.717, 1.165) is 9.26 Å². The molecule has 0 saturated heterocycles. The molecule has 0 spiro atoms. The lowest BCUT2D eigenvalue weighted by molar-refractivity contribution is 0.814. The molecule has 0 aliphatic rings. The molecule has 0 N–H and O–H groups in total. The van der Waals surface area contributed by atoms with Crippen LogP contribution < -0.4 is 0 Å². The van der Waals surface area contributed by atoms with E-state index in [2.05, 4.69) is 27.6 Å². The van der Waals surface area contributed by atoms with E-state index in [1.54, 1.807) is 6.07 Å². The van der Waals surface area contributed by atoms with Crippen LogP contribution in [0.3, 0.4) is 0 Å². The summed E-state index contributed by atoms with van der Waals surface area (Å²) < 4.78 is 0.994. The predicted molar refractivity (Wildman–Crippen MR) is 60.8 cm³/mol. The number of hydrogen-bond donors (Lipinski definition) is 0. The standard InChI is InChI=1S/C9H8ClIN2/c1-5(2)8-7(11)3-6(4-12)9(10)13-8/h3,5H,1-2H3. The van der Waals surface area contributed by atoms with Crippen LogP contribution in [0.4, 0.5) is 0 Å². The van der Waals surface area contributed by atoms with Crippen molar-refractivity contribution in [3.8, 4) is 6.07 Å². The zero-order valence-electron chi connectivity index (χ0n) is 7.31. The quantitative estimate of drug-likeness (QED) is 0.589. The van der Waals surface area contributed by atoms with E-state index >= 15 is 0 Å². The summed E-state index contributed by atoms with van der Waals surface area (Å²) in [6.07, 6.45) is 0. The summed E-state index contributed by atoms with van der Waals surface area (Å²) in [7, 11) is 0. The van der Waals surface area contributed by atoms with E-state index in [9.17, 15) is 0 Å². The molecule has 1 aromatic heterocycles. The van der Waals surface area contributed by atoms with Crippen LogP contribution in [0.15, 0.2) is 6.07 Å². The average molecular weight is 307 g/mol. The summed E-state index contributed by atoms with van der Waals surface area (Å²) in [5.41, 5.74) is 1.39. The van der Waals surface area contributed by atoms with Crippen molar-refractivity contribution in [3.05, 3.63) is 26.0 Å². The van der Waals surface area contributed by atoms with E-state index < -0.39 is 0 Å². The van der Waals surface area contributed by atoms with Gasteiger partial charge in [0.15, 0.2) is 0 Å². The summed E-state index contributed by atoms with van der Waals surface area (Å²) >= 11 is 7.98. The molecule has 0 aliphatic carbocycles. The van der Waals surface area contributed by atoms with Gasteiger partial charge in [0.05, 0.1) is 11.3 Å². The molecular weight excluding hydrogens is 298 g/mol. The van der Waals surface area contributed by atoms with Gasteiger partial charge in [-0.05, 0) is 34.6 Å². The topological polar surface area (TPSA) is 36.7 Å². The summed E-state index contributed by atoms with van der Waals surface area (Å²) in [5, 5.41) is 8.99. The highest BCUT2D eigenvalue weighted by Crippen LogP contribution is 2.23. The van der Waals surface area contributed by atoms with Gasteiger partial charge in [-0.15, -0.1) is 0 Å². The fraction of sp³-hybridized carbons (Fsp3) is 0.333. The van der Waals surface area contributed by atoms with Gasteiger partial charge in [0.25, 0.3) is 0 Å². The van der Waals surface area contributed by atoms with Gasteiger partial charge in [-0.25, -0.2) is 4.98 Å². The second-order valence-electron chi connectivity index (χ2n) is 2.96. The maximum absolute atomic E-state index is 8.69. The van der Waals surface area contributed by atoms with E-state index in [1.807, 2.05) is 19.9 Å². The van der Waals surface area contributed by atoms with Gasteiger partial charge < -0.3 is 0 Å². The molecule has 0 bridgehead atoms. The summed E-state index contributed by atoms with van der Waals surface area (Å²) in [5.74, 6) is 0.331. The third-order valence-electron chi connectivity index (χ3n) is 1.62. The molecule has 0 fully saturated rings. The van der Waals surface area contributed by atoms with Gasteiger partial charge >= 0.3 is 0 Å². The number of pyridine rings is 1. The molecule has 0 aliphatic heterocycles. The van der Waals surface area contributed by atoms with Crippen LogP contribution in [-0.2, 0) is 0 Å². The molecule has 1 aromatic rings. The molecular formula is C9H8ClIN2. The third-order valence-corrected chi connectivity index (χ3v) is 2.78. The van der Waals surface area contributed by atoms with Crippen molar-refractivity contribution in [3.63, 3.8) is 0 Å². The first kappa shape index (κ1) is 10.7. The van der Waals surface area contributed by atoms with E-state index in [1.165, 1.54) is 0 Å². The molecule has 2 nitrogen and oxygen atoms in total. The Bertz CT molecular complexity index is 369. The maximum atomic E-state index is 8.69. The van der Waals surface area contributed by atoms with Crippen LogP contribution in [0.2, 0.25) is 5.15 Å². The minimum absolute atomic E-state index is 0.298. The van der Waals surface area contributed by atoms with Crippen molar-refractivity contribution < 1.29 is 0 Å². The zero-order valence-corrected chi connectivity index (χ0v) is 10.2. The largest absolute Gasteiger partial charge is 0.238 e. The second kappa shape index (κ2) is 4.25. The lowest BCUT2D eigenvalue weighted by Gasteiger charge is -2.07. The summed E-state index contributed by atoms with van der Waals surface area (Å²) in [6.45, 7) is 4.10. The Hall–Kier alpha value is -0.340. The number of rotatable bonds is 1. The van der Waals surface area contributed by atoms with Crippen LogP contribution in [0.5, 0.6) is 0 Å². The van der Waals surface area contributed by atoms with Gasteiger partial charge in [0.1, 0.15) is 11.2 Å². The molecule has 1 heterocycles. The summed E-state index contributed by atoms with van der Waals surface area (Å²) in [6, 6.07) is 3.77. The highest BCUT2D eigenvalue weighted by molar-refractivity contribution is 14.1. The van der Waals surface area contributed by atoms with Gasteiger partial charge in [0.2, 0.25) is 0 Å². The molecule has 0 radical (unpaired) electrons. The number of nitriles is 1. The highest BCUT2D eigenvalue weighted by atomic mass is 127. The molecule has 0 saturated carbocycles. The van der Waals surface area contributed by atoms with Gasteiger partial charge in [0, 0.05) is 3.57 Å². The Kier molecular flexibility index (Phi) is 3.51. The molecule has 0 unspecified atom stereocenters. The smallest absolute Gasteiger partial charge is 0.147 e. The fourth-order valence-corrected chi connectivity index (χ4v) is 2.21. The van der Waals surface area contributed by atoms with E-state index in [4.69, 9.17) is 16.9 Å². The first-order chi connectivity index (χ1) is 6.06. The number of nitrogens with zero attached hydrogens (tertiary/aromatic N) is 2. The van der Waals surface area contributed by atoms with Crippen molar-refractivity contribution in [2.24, 2.45) is 0 Å². The number of aromatic nitrogens is 1. The van der Waals surface area contributed by atoms with Crippen molar-refractivity contribution in [2.75, 3.05) is 0 Å². The van der Waals surface area contributed by atoms with Gasteiger partial charge in [-0.1, -0.05) is 25.4 Å². The lowest BCUT2D eigenvalue weighted by Crippen LogP contribution is -1.98. The third kappa shape index (κ3) is 2.32. The molecule has 0 amide bonds. The van der Waals surface area contributed by atoms with Crippen LogP contribution >= 0.6 is 34.2 Å². The van der Waals surface area contributed by atoms with Crippen LogP contribution in [0, 0.1) is 14.9 Å². The van der Waals surface area contributed by atoms with Crippen molar-refractivity contribution >= 4 is 34.2 Å². The first-order valence-corrected chi connectivity index (χ1v) is 5.28. The molecule has 1 rings (SSSR count). The Labute approximate surface area is 96.1 Å². The van der Waals surface area contributed by atoms with Crippen LogP contribution in [-0.4, -0.2) is 4.98 Å². The van der Waals surface area contributed by atoms with Crippen molar-refractivity contribution in [1.82, 2.24) is 4.98 Å². The van der Waals surface area contributed by atoms with E-state index in [0.29, 0.717) is 16.6 Å². The molecule has 0 aromatic carbocycles. The monoisotopic (exact) mass is 306 g/mol. The van der Waals surface area contributed by atoms with Crippen molar-refractivity contribution in [1.29, 1.82) is 5.26 Å². The SMILES string of the molecule is CC(C)c1nc(Cl)c(C#N)cc1I. The Balaban J connectivity index is 3.31. The zero-order chi connectivity index (χ0) is 10.0. The second-order valence-corrected chi connectivity index (χ2v) is 4.48. The highest BCUT2D eigenvalue weighted by Gasteiger charge is 2.10. The predicted octanol–water partition coefficient (Wildman–Crippen LogP) is 3.33. The Morgan fingerprint density at radius 3 is 2.69 bits per heavy atom. The van der Waals surface area contributed by atoms with Crippen molar-refractivity contribution in [2.45, 2.75) is 19.8 Å². The summed E-state index contributed by atoms with van der Waals surface area (Å²) in [4.78, 5) is 4.18. The minimum atomic E-state index is 0.298. The minimum Gasteiger partial charge on any atom is -0.238 e. The van der Waals surface area contributed by atoms with E-state index in [-0.39, 0.29) is 0 Å². The normalized spacial score (nSPS) is 10.2. The van der Waals surface area contributed by atoms with Gasteiger partial charge in [-0.3, -0.25) is 0 Å². The Morgan fingerprint density at radius 1 is 1.62 bits per heavy atom. The lowest BCUT2D eigenvalue weighted by atomic mass is 10.1.